The summed E-state index contributed by atoms with van der Waals surface area (Å²) >= 11 is 0. The number of aromatic nitrogens is 2. The van der Waals surface area contributed by atoms with Gasteiger partial charge in [0.05, 0.1) is 6.20 Å². The summed E-state index contributed by atoms with van der Waals surface area (Å²) in [7, 11) is -3.43. The first kappa shape index (κ1) is 14.5. The average molecular weight is 285 g/mol. The third-order valence-corrected chi connectivity index (χ3v) is 5.26. The van der Waals surface area contributed by atoms with Crippen LogP contribution in [-0.2, 0) is 16.4 Å². The molecule has 0 aliphatic heterocycles. The minimum Gasteiger partial charge on any atom is -0.332 e. The lowest BCUT2D eigenvalue weighted by Gasteiger charge is -2.25. The number of hydrogen-bond donors (Lipinski definition) is 2. The van der Waals surface area contributed by atoms with Crippen LogP contribution in [0.5, 0.6) is 0 Å². The molecule has 5 nitrogen and oxygen atoms in total. The van der Waals surface area contributed by atoms with Gasteiger partial charge in [-0.15, -0.1) is 0 Å². The molecule has 0 bridgehead atoms. The third kappa shape index (κ3) is 3.79. The maximum absolute atomic E-state index is 12.1. The summed E-state index contributed by atoms with van der Waals surface area (Å²) in [6, 6.07) is 0. The maximum atomic E-state index is 12.1. The molecular formula is C13H23N3O2S. The molecule has 1 fully saturated rings. The summed E-state index contributed by atoms with van der Waals surface area (Å²) in [4.78, 5) is 6.87. The highest BCUT2D eigenvalue weighted by Gasteiger charge is 2.22. The van der Waals surface area contributed by atoms with Crippen LogP contribution in [0.4, 0.5) is 0 Å². The quantitative estimate of drug-likeness (QED) is 0.869. The smallest absolute Gasteiger partial charge is 0.257 e. The number of nitrogens with zero attached hydrogens (tertiary/aromatic N) is 1. The van der Waals surface area contributed by atoms with Gasteiger partial charge >= 0.3 is 0 Å². The van der Waals surface area contributed by atoms with Crippen LogP contribution in [0, 0.1) is 11.8 Å². The zero-order chi connectivity index (χ0) is 13.9. The Bertz CT molecular complexity index is 502. The van der Waals surface area contributed by atoms with Crippen LogP contribution in [0.25, 0.3) is 0 Å². The van der Waals surface area contributed by atoms with Gasteiger partial charge in [-0.25, -0.2) is 18.1 Å². The second kappa shape index (κ2) is 6.05. The predicted molar refractivity (Wildman–Crippen MR) is 74.3 cm³/mol. The summed E-state index contributed by atoms with van der Waals surface area (Å²) in [6.07, 6.45) is 6.74. The van der Waals surface area contributed by atoms with Crippen molar-refractivity contribution in [2.75, 3.05) is 6.54 Å². The molecule has 0 aromatic carbocycles. The minimum absolute atomic E-state index is 0.175. The molecule has 1 aliphatic carbocycles. The van der Waals surface area contributed by atoms with Gasteiger partial charge in [0.1, 0.15) is 5.82 Å². The van der Waals surface area contributed by atoms with Crippen molar-refractivity contribution in [1.82, 2.24) is 14.7 Å². The summed E-state index contributed by atoms with van der Waals surface area (Å²) < 4.78 is 26.9. The van der Waals surface area contributed by atoms with Gasteiger partial charge in [0.2, 0.25) is 0 Å². The Balaban J connectivity index is 1.90. The molecular weight excluding hydrogens is 262 g/mol. The van der Waals surface area contributed by atoms with Crippen LogP contribution < -0.4 is 4.72 Å². The van der Waals surface area contributed by atoms with Crippen molar-refractivity contribution in [3.63, 3.8) is 0 Å². The highest BCUT2D eigenvalue weighted by Crippen LogP contribution is 2.27. The number of imidazole rings is 1. The van der Waals surface area contributed by atoms with E-state index in [-0.39, 0.29) is 5.03 Å². The molecule has 19 heavy (non-hydrogen) atoms. The van der Waals surface area contributed by atoms with Gasteiger partial charge in [0.15, 0.2) is 5.03 Å². The molecule has 2 N–H and O–H groups in total. The van der Waals surface area contributed by atoms with E-state index < -0.39 is 10.0 Å². The molecule has 0 amide bonds. The Kier molecular flexibility index (Phi) is 4.62. The van der Waals surface area contributed by atoms with Gasteiger partial charge in [0, 0.05) is 13.0 Å². The predicted octanol–water partition coefficient (Wildman–Crippen LogP) is 2.08. The number of nitrogens with one attached hydrogen (secondary N) is 2. The van der Waals surface area contributed by atoms with Gasteiger partial charge in [-0.1, -0.05) is 26.7 Å². The fourth-order valence-corrected chi connectivity index (χ4v) is 3.55. The van der Waals surface area contributed by atoms with Crippen LogP contribution in [0.1, 0.15) is 45.4 Å². The number of H-pyrrole nitrogens is 1. The Morgan fingerprint density at radius 1 is 1.37 bits per heavy atom. The second-order valence-electron chi connectivity index (χ2n) is 5.53. The minimum atomic E-state index is -3.43. The summed E-state index contributed by atoms with van der Waals surface area (Å²) in [6.45, 7) is 4.73. The lowest BCUT2D eigenvalue weighted by Crippen LogP contribution is -2.31. The van der Waals surface area contributed by atoms with Crippen LogP contribution in [0.3, 0.4) is 0 Å². The van der Waals surface area contributed by atoms with Gasteiger partial charge < -0.3 is 4.98 Å². The molecule has 1 saturated carbocycles. The van der Waals surface area contributed by atoms with Crippen LogP contribution in [0.2, 0.25) is 0 Å². The number of rotatable bonds is 5. The van der Waals surface area contributed by atoms with Crippen molar-refractivity contribution in [3.8, 4) is 0 Å². The van der Waals surface area contributed by atoms with Gasteiger partial charge in [0.25, 0.3) is 10.0 Å². The number of aromatic amines is 1. The van der Waals surface area contributed by atoms with E-state index in [0.717, 1.165) is 18.8 Å². The monoisotopic (exact) mass is 285 g/mol. The van der Waals surface area contributed by atoms with Crippen LogP contribution in [-0.4, -0.2) is 24.9 Å². The summed E-state index contributed by atoms with van der Waals surface area (Å²) in [5.74, 6) is 1.96. The van der Waals surface area contributed by atoms with E-state index in [9.17, 15) is 8.42 Å². The molecule has 1 aliphatic rings. The molecule has 2 rings (SSSR count). The zero-order valence-electron chi connectivity index (χ0n) is 11.6. The average Bonchev–Trinajstić information content (AvgIpc) is 2.88. The lowest BCUT2D eigenvalue weighted by atomic mass is 9.83. The van der Waals surface area contributed by atoms with Crippen LogP contribution in [0.15, 0.2) is 11.2 Å². The van der Waals surface area contributed by atoms with E-state index in [0.29, 0.717) is 24.7 Å². The number of hydrogen-bond acceptors (Lipinski definition) is 3. The highest BCUT2D eigenvalue weighted by molar-refractivity contribution is 7.89. The molecule has 0 saturated heterocycles. The normalized spacial score (nSPS) is 24.5. The van der Waals surface area contributed by atoms with Crippen molar-refractivity contribution in [3.05, 3.63) is 12.0 Å². The van der Waals surface area contributed by atoms with Crippen molar-refractivity contribution < 1.29 is 8.42 Å². The molecule has 108 valence electrons. The van der Waals surface area contributed by atoms with Crippen molar-refractivity contribution >= 4 is 10.0 Å². The van der Waals surface area contributed by atoms with E-state index in [1.54, 1.807) is 0 Å². The standard InChI is InChI=1S/C13H23N3O2S/c1-3-12-14-9-13(16-12)19(17,18)15-8-11-6-4-10(2)5-7-11/h9-11,15H,3-8H2,1-2H3,(H,14,16). The van der Waals surface area contributed by atoms with E-state index in [2.05, 4.69) is 21.6 Å². The molecule has 0 unspecified atom stereocenters. The fraction of sp³-hybridized carbons (Fsp3) is 0.769. The fourth-order valence-electron chi connectivity index (χ4n) is 2.50. The third-order valence-electron chi connectivity index (χ3n) is 3.93. The Morgan fingerprint density at radius 3 is 2.63 bits per heavy atom. The summed E-state index contributed by atoms with van der Waals surface area (Å²) in [5, 5.41) is 0.175. The number of aryl methyl sites for hydroxylation is 1. The van der Waals surface area contributed by atoms with Gasteiger partial charge in [-0.2, -0.15) is 0 Å². The van der Waals surface area contributed by atoms with E-state index in [1.165, 1.54) is 19.0 Å². The zero-order valence-corrected chi connectivity index (χ0v) is 12.5. The topological polar surface area (TPSA) is 74.8 Å². The molecule has 6 heteroatoms. The molecule has 1 aromatic rings. The second-order valence-corrected chi connectivity index (χ2v) is 7.26. The molecule has 0 spiro atoms. The van der Waals surface area contributed by atoms with Crippen LogP contribution >= 0.6 is 0 Å². The van der Waals surface area contributed by atoms with Crippen molar-refractivity contribution in [1.29, 1.82) is 0 Å². The Morgan fingerprint density at radius 2 is 2.05 bits per heavy atom. The first-order valence-corrected chi connectivity index (χ1v) is 8.53. The van der Waals surface area contributed by atoms with Crippen molar-refractivity contribution in [2.24, 2.45) is 11.8 Å². The first-order valence-electron chi connectivity index (χ1n) is 7.04. The van der Waals surface area contributed by atoms with Gasteiger partial charge in [-0.05, 0) is 24.7 Å². The molecule has 0 radical (unpaired) electrons. The van der Waals surface area contributed by atoms with E-state index in [1.807, 2.05) is 6.92 Å². The SMILES string of the molecule is CCc1ncc(S(=O)(=O)NCC2CCC(C)CC2)[nH]1. The molecule has 0 atom stereocenters. The van der Waals surface area contributed by atoms with Crippen molar-refractivity contribution in [2.45, 2.75) is 51.0 Å². The number of sulfonamides is 1. The summed E-state index contributed by atoms with van der Waals surface area (Å²) in [5.41, 5.74) is 0. The largest absolute Gasteiger partial charge is 0.332 e. The Hall–Kier alpha value is -0.880. The van der Waals surface area contributed by atoms with E-state index in [4.69, 9.17) is 0 Å². The first-order chi connectivity index (χ1) is 9.01. The maximum Gasteiger partial charge on any atom is 0.257 e. The Labute approximate surface area is 115 Å². The highest BCUT2D eigenvalue weighted by atomic mass is 32.2. The lowest BCUT2D eigenvalue weighted by molar-refractivity contribution is 0.290. The molecule has 1 aromatic heterocycles. The van der Waals surface area contributed by atoms with E-state index >= 15 is 0 Å². The molecule has 1 heterocycles. The van der Waals surface area contributed by atoms with Gasteiger partial charge in [-0.3, -0.25) is 0 Å².